The van der Waals surface area contributed by atoms with E-state index in [4.69, 9.17) is 0 Å². The molecule has 0 bridgehead atoms. The highest BCUT2D eigenvalue weighted by Crippen LogP contribution is 2.36. The van der Waals surface area contributed by atoms with Crippen molar-refractivity contribution < 1.29 is 4.79 Å². The van der Waals surface area contributed by atoms with Gasteiger partial charge in [0.25, 0.3) is 5.91 Å². The fourth-order valence-corrected chi connectivity index (χ4v) is 6.82. The van der Waals surface area contributed by atoms with E-state index in [0.717, 1.165) is 31.6 Å². The fourth-order valence-electron chi connectivity index (χ4n) is 6.82. The molecule has 1 amide bonds. The molecule has 4 aliphatic rings. The van der Waals surface area contributed by atoms with Crippen LogP contribution in [-0.4, -0.2) is 54.5 Å². The Morgan fingerprint density at radius 3 is 2.67 bits per heavy atom. The minimum absolute atomic E-state index is 0.243. The highest BCUT2D eigenvalue weighted by molar-refractivity contribution is 5.98. The minimum atomic E-state index is 0.243. The van der Waals surface area contributed by atoms with Gasteiger partial charge in [0.2, 0.25) is 0 Å². The van der Waals surface area contributed by atoms with Crippen LogP contribution in [0, 0.1) is 0 Å². The summed E-state index contributed by atoms with van der Waals surface area (Å²) in [7, 11) is 0. The Labute approximate surface area is 198 Å². The van der Waals surface area contributed by atoms with Crippen LogP contribution in [0.3, 0.4) is 0 Å². The molecule has 2 aromatic carbocycles. The summed E-state index contributed by atoms with van der Waals surface area (Å²) in [5.41, 5.74) is 6.83. The Kier molecular flexibility index (Phi) is 5.98. The van der Waals surface area contributed by atoms with Gasteiger partial charge < -0.3 is 15.1 Å². The zero-order valence-corrected chi connectivity index (χ0v) is 19.8. The molecule has 1 N–H and O–H groups in total. The van der Waals surface area contributed by atoms with Crippen LogP contribution >= 0.6 is 0 Å². The summed E-state index contributed by atoms with van der Waals surface area (Å²) in [6, 6.07) is 16.2. The summed E-state index contributed by atoms with van der Waals surface area (Å²) in [5.74, 6) is 1.58. The molecule has 0 spiro atoms. The van der Waals surface area contributed by atoms with Gasteiger partial charge >= 0.3 is 0 Å². The molecule has 0 radical (unpaired) electrons. The van der Waals surface area contributed by atoms with Gasteiger partial charge in [0, 0.05) is 31.2 Å². The molecule has 6 rings (SSSR count). The predicted molar refractivity (Wildman–Crippen MR) is 133 cm³/mol. The predicted octanol–water partition coefficient (Wildman–Crippen LogP) is 4.69. The third-order valence-corrected chi connectivity index (χ3v) is 8.70. The van der Waals surface area contributed by atoms with Crippen LogP contribution in [0.15, 0.2) is 42.5 Å². The number of hydrogen-bond acceptors (Lipinski definition) is 3. The van der Waals surface area contributed by atoms with Crippen molar-refractivity contribution in [2.45, 2.75) is 69.4 Å². The topological polar surface area (TPSA) is 35.6 Å². The van der Waals surface area contributed by atoms with E-state index >= 15 is 0 Å². The molecule has 2 atom stereocenters. The van der Waals surface area contributed by atoms with Crippen molar-refractivity contribution in [1.29, 1.82) is 0 Å². The van der Waals surface area contributed by atoms with Crippen molar-refractivity contribution in [3.63, 3.8) is 0 Å². The number of likely N-dealkylation sites (tertiary alicyclic amines) is 1. The average Bonchev–Trinajstić information content (AvgIpc) is 3.21. The van der Waals surface area contributed by atoms with Crippen molar-refractivity contribution in [1.82, 2.24) is 15.1 Å². The van der Waals surface area contributed by atoms with Crippen molar-refractivity contribution >= 4 is 5.91 Å². The van der Waals surface area contributed by atoms with Crippen LogP contribution in [0.4, 0.5) is 0 Å². The third kappa shape index (κ3) is 4.24. The SMILES string of the molecule is O=C1c2ccc(C3CCN(CC4CCCc5ccccc54)CC3)cc2CN1C1CCCNC1. The monoisotopic (exact) mass is 443 g/mol. The smallest absolute Gasteiger partial charge is 0.254 e. The van der Waals surface area contributed by atoms with Gasteiger partial charge in [-0.25, -0.2) is 0 Å². The number of amides is 1. The molecule has 2 aromatic rings. The van der Waals surface area contributed by atoms with E-state index in [9.17, 15) is 4.79 Å². The van der Waals surface area contributed by atoms with E-state index in [1.165, 1.54) is 69.3 Å². The summed E-state index contributed by atoms with van der Waals surface area (Å²) in [4.78, 5) is 17.8. The molecule has 3 heterocycles. The minimum Gasteiger partial charge on any atom is -0.330 e. The van der Waals surface area contributed by atoms with Crippen LogP contribution in [0.1, 0.15) is 83.0 Å². The number of fused-ring (bicyclic) bond motifs is 2. The Morgan fingerprint density at radius 1 is 0.939 bits per heavy atom. The number of nitrogens with zero attached hydrogens (tertiary/aromatic N) is 2. The fraction of sp³-hybridized carbons (Fsp3) is 0.552. The summed E-state index contributed by atoms with van der Waals surface area (Å²) >= 11 is 0. The van der Waals surface area contributed by atoms with Crippen molar-refractivity contribution in [3.8, 4) is 0 Å². The molecule has 4 heteroatoms. The van der Waals surface area contributed by atoms with Gasteiger partial charge in [-0.15, -0.1) is 0 Å². The second kappa shape index (κ2) is 9.23. The molecule has 2 fully saturated rings. The van der Waals surface area contributed by atoms with Crippen LogP contribution in [0.5, 0.6) is 0 Å². The number of carbonyl (C=O) groups excluding carboxylic acids is 1. The van der Waals surface area contributed by atoms with E-state index < -0.39 is 0 Å². The molecule has 0 saturated carbocycles. The standard InChI is InChI=1S/C29H37N3O/c33-29-28-11-10-23(17-25(28)20-32(29)26-8-4-14-30-18-26)21-12-15-31(16-13-21)19-24-7-3-6-22-5-1-2-9-27(22)24/h1-2,5,9-11,17,21,24,26,30H,3-4,6-8,12-16,18-20H2. The van der Waals surface area contributed by atoms with Gasteiger partial charge in [-0.1, -0.05) is 36.4 Å². The first-order chi connectivity index (χ1) is 16.3. The van der Waals surface area contributed by atoms with E-state index in [0.29, 0.717) is 17.9 Å². The molecule has 1 aliphatic carbocycles. The molecule has 2 saturated heterocycles. The van der Waals surface area contributed by atoms with Crippen molar-refractivity contribution in [2.24, 2.45) is 0 Å². The van der Waals surface area contributed by atoms with Gasteiger partial charge in [0.05, 0.1) is 0 Å². The number of benzene rings is 2. The molecule has 2 unspecified atom stereocenters. The maximum absolute atomic E-state index is 13.0. The number of aryl methyl sites for hydroxylation is 1. The van der Waals surface area contributed by atoms with Gasteiger partial charge in [-0.2, -0.15) is 0 Å². The van der Waals surface area contributed by atoms with Crippen molar-refractivity contribution in [2.75, 3.05) is 32.7 Å². The van der Waals surface area contributed by atoms with Crippen LogP contribution < -0.4 is 5.32 Å². The highest BCUT2D eigenvalue weighted by atomic mass is 16.2. The highest BCUT2D eigenvalue weighted by Gasteiger charge is 2.34. The lowest BCUT2D eigenvalue weighted by Crippen LogP contribution is -2.46. The zero-order valence-electron chi connectivity index (χ0n) is 19.8. The first-order valence-electron chi connectivity index (χ1n) is 13.2. The number of hydrogen-bond donors (Lipinski definition) is 1. The van der Waals surface area contributed by atoms with Gasteiger partial charge in [0.15, 0.2) is 0 Å². The lowest BCUT2D eigenvalue weighted by Gasteiger charge is -2.36. The maximum atomic E-state index is 13.0. The number of rotatable bonds is 4. The summed E-state index contributed by atoms with van der Waals surface area (Å²) in [6.45, 7) is 6.43. The Hall–Kier alpha value is -2.17. The first kappa shape index (κ1) is 21.4. The average molecular weight is 444 g/mol. The van der Waals surface area contributed by atoms with E-state index in [2.05, 4.69) is 57.6 Å². The Morgan fingerprint density at radius 2 is 1.82 bits per heavy atom. The van der Waals surface area contributed by atoms with Crippen LogP contribution in [0.2, 0.25) is 0 Å². The number of piperidine rings is 2. The van der Waals surface area contributed by atoms with E-state index in [1.54, 1.807) is 11.1 Å². The lowest BCUT2D eigenvalue weighted by molar-refractivity contribution is 0.0674. The third-order valence-electron chi connectivity index (χ3n) is 8.70. The van der Waals surface area contributed by atoms with Crippen molar-refractivity contribution in [3.05, 3.63) is 70.3 Å². The number of carbonyl (C=O) groups is 1. The van der Waals surface area contributed by atoms with Crippen LogP contribution in [-0.2, 0) is 13.0 Å². The van der Waals surface area contributed by atoms with Crippen LogP contribution in [0.25, 0.3) is 0 Å². The molecular weight excluding hydrogens is 406 g/mol. The van der Waals surface area contributed by atoms with Gasteiger partial charge in [-0.05, 0) is 105 Å². The molecule has 33 heavy (non-hydrogen) atoms. The summed E-state index contributed by atoms with van der Waals surface area (Å²) in [5, 5.41) is 3.46. The number of nitrogens with one attached hydrogen (secondary N) is 1. The largest absolute Gasteiger partial charge is 0.330 e. The first-order valence-corrected chi connectivity index (χ1v) is 13.2. The quantitative estimate of drug-likeness (QED) is 0.744. The lowest BCUT2D eigenvalue weighted by atomic mass is 9.82. The molecule has 4 nitrogen and oxygen atoms in total. The second-order valence-corrected chi connectivity index (χ2v) is 10.7. The normalized spacial score (nSPS) is 26.3. The maximum Gasteiger partial charge on any atom is 0.254 e. The Bertz CT molecular complexity index is 1000. The van der Waals surface area contributed by atoms with E-state index in [1.807, 2.05) is 0 Å². The summed E-state index contributed by atoms with van der Waals surface area (Å²) in [6.07, 6.45) is 8.69. The Balaban J connectivity index is 1.08. The molecule has 0 aromatic heterocycles. The van der Waals surface area contributed by atoms with Gasteiger partial charge in [0.1, 0.15) is 0 Å². The van der Waals surface area contributed by atoms with E-state index in [-0.39, 0.29) is 5.91 Å². The second-order valence-electron chi connectivity index (χ2n) is 10.7. The molecular formula is C29H37N3O. The summed E-state index contributed by atoms with van der Waals surface area (Å²) < 4.78 is 0. The molecule has 3 aliphatic heterocycles. The molecule has 174 valence electrons. The zero-order chi connectivity index (χ0) is 22.2. The van der Waals surface area contributed by atoms with Gasteiger partial charge in [-0.3, -0.25) is 4.79 Å².